The molecule has 23 heavy (non-hydrogen) atoms. The van der Waals surface area contributed by atoms with Gasteiger partial charge in [-0.3, -0.25) is 19.7 Å². The highest BCUT2D eigenvalue weighted by atomic mass is 79.9. The molecular weight excluding hydrogens is 375 g/mol. The molecule has 1 aliphatic heterocycles. The number of carboxylic acids is 1. The standard InChI is InChI=1S/C14H14BrFN2O5/c15-13-10(6-9(16)7-11(13)18(22)23)14(21)17-3-1-8(2-4-17)5-12(19)20/h6-8H,1-5H2,(H,19,20). The molecule has 9 heteroatoms. The monoisotopic (exact) mass is 388 g/mol. The van der Waals surface area contributed by atoms with Crippen molar-refractivity contribution in [1.29, 1.82) is 0 Å². The van der Waals surface area contributed by atoms with Crippen molar-refractivity contribution in [2.45, 2.75) is 19.3 Å². The van der Waals surface area contributed by atoms with Crippen LogP contribution in [0.1, 0.15) is 29.6 Å². The summed E-state index contributed by atoms with van der Waals surface area (Å²) in [6.07, 6.45) is 1.12. The molecule has 0 spiro atoms. The number of nitro groups is 1. The number of carbonyl (C=O) groups excluding carboxylic acids is 1. The molecule has 0 atom stereocenters. The summed E-state index contributed by atoms with van der Waals surface area (Å²) < 4.78 is 13.5. The second-order valence-electron chi connectivity index (χ2n) is 5.38. The van der Waals surface area contributed by atoms with Gasteiger partial charge in [-0.05, 0) is 40.8 Å². The number of nitrogens with zero attached hydrogens (tertiary/aromatic N) is 2. The zero-order valence-electron chi connectivity index (χ0n) is 12.0. The van der Waals surface area contributed by atoms with Crippen LogP contribution in [-0.2, 0) is 4.79 Å². The molecule has 0 aromatic heterocycles. The second kappa shape index (κ2) is 7.03. The van der Waals surface area contributed by atoms with Crippen molar-refractivity contribution in [3.05, 3.63) is 38.1 Å². The lowest BCUT2D eigenvalue weighted by molar-refractivity contribution is -0.385. The summed E-state index contributed by atoms with van der Waals surface area (Å²) in [5, 5.41) is 19.7. The molecule has 1 amide bonds. The Labute approximate surface area is 139 Å². The van der Waals surface area contributed by atoms with Crippen molar-refractivity contribution in [3.63, 3.8) is 0 Å². The molecule has 1 aromatic rings. The number of piperidine rings is 1. The van der Waals surface area contributed by atoms with E-state index in [1.165, 1.54) is 4.90 Å². The number of carboxylic acid groups (broad SMARTS) is 1. The van der Waals surface area contributed by atoms with E-state index in [0.29, 0.717) is 25.9 Å². The normalized spacial score (nSPS) is 15.5. The van der Waals surface area contributed by atoms with Gasteiger partial charge in [0.15, 0.2) is 0 Å². The van der Waals surface area contributed by atoms with E-state index >= 15 is 0 Å². The summed E-state index contributed by atoms with van der Waals surface area (Å²) in [7, 11) is 0. The molecule has 1 saturated heterocycles. The third-order valence-electron chi connectivity index (χ3n) is 3.81. The molecule has 1 fully saturated rings. The van der Waals surface area contributed by atoms with Gasteiger partial charge in [-0.2, -0.15) is 0 Å². The summed E-state index contributed by atoms with van der Waals surface area (Å²) >= 11 is 2.99. The van der Waals surface area contributed by atoms with Crippen molar-refractivity contribution in [2.75, 3.05) is 13.1 Å². The van der Waals surface area contributed by atoms with E-state index in [9.17, 15) is 24.1 Å². The minimum Gasteiger partial charge on any atom is -0.481 e. The van der Waals surface area contributed by atoms with Gasteiger partial charge in [0.1, 0.15) is 10.3 Å². The maximum absolute atomic E-state index is 13.5. The molecule has 0 saturated carbocycles. The highest BCUT2D eigenvalue weighted by Gasteiger charge is 2.29. The fraction of sp³-hybridized carbons (Fsp3) is 0.429. The van der Waals surface area contributed by atoms with Gasteiger partial charge in [-0.25, -0.2) is 4.39 Å². The van der Waals surface area contributed by atoms with Crippen molar-refractivity contribution >= 4 is 33.5 Å². The van der Waals surface area contributed by atoms with Crippen molar-refractivity contribution in [2.24, 2.45) is 5.92 Å². The second-order valence-corrected chi connectivity index (χ2v) is 6.17. The molecule has 2 rings (SSSR count). The molecule has 0 unspecified atom stereocenters. The third-order valence-corrected chi connectivity index (χ3v) is 4.64. The summed E-state index contributed by atoms with van der Waals surface area (Å²) in [4.78, 5) is 34.8. The lowest BCUT2D eigenvalue weighted by Gasteiger charge is -2.31. The number of benzene rings is 1. The largest absolute Gasteiger partial charge is 0.481 e. The summed E-state index contributed by atoms with van der Waals surface area (Å²) in [5.41, 5.74) is -0.609. The van der Waals surface area contributed by atoms with Crippen molar-refractivity contribution in [1.82, 2.24) is 4.90 Å². The molecular formula is C14H14BrFN2O5. The topological polar surface area (TPSA) is 101 Å². The van der Waals surface area contributed by atoms with E-state index < -0.39 is 28.3 Å². The Hall–Kier alpha value is -2.03. The van der Waals surface area contributed by atoms with E-state index in [0.717, 1.165) is 12.1 Å². The number of aliphatic carboxylic acids is 1. The highest BCUT2D eigenvalue weighted by molar-refractivity contribution is 9.10. The number of carbonyl (C=O) groups is 2. The van der Waals surface area contributed by atoms with Gasteiger partial charge in [0.05, 0.1) is 16.6 Å². The zero-order valence-corrected chi connectivity index (χ0v) is 13.6. The van der Waals surface area contributed by atoms with Crippen LogP contribution in [-0.4, -0.2) is 39.9 Å². The average Bonchev–Trinajstić information content (AvgIpc) is 2.48. The number of halogens is 2. The van der Waals surface area contributed by atoms with E-state index in [1.54, 1.807) is 0 Å². The van der Waals surface area contributed by atoms with E-state index in [-0.39, 0.29) is 22.4 Å². The smallest absolute Gasteiger partial charge is 0.303 e. The maximum atomic E-state index is 13.5. The van der Waals surface area contributed by atoms with Gasteiger partial charge in [0, 0.05) is 19.5 Å². The lowest BCUT2D eigenvalue weighted by atomic mass is 9.93. The highest BCUT2D eigenvalue weighted by Crippen LogP contribution is 2.31. The summed E-state index contributed by atoms with van der Waals surface area (Å²) in [5.74, 6) is -2.24. The number of nitro benzene ring substituents is 1. The Morgan fingerprint density at radius 3 is 2.52 bits per heavy atom. The first-order valence-electron chi connectivity index (χ1n) is 6.94. The molecule has 1 N–H and O–H groups in total. The number of hydrogen-bond donors (Lipinski definition) is 1. The van der Waals surface area contributed by atoms with Gasteiger partial charge in [0.25, 0.3) is 11.6 Å². The molecule has 0 radical (unpaired) electrons. The van der Waals surface area contributed by atoms with Gasteiger partial charge in [-0.1, -0.05) is 0 Å². The zero-order chi connectivity index (χ0) is 17.1. The van der Waals surface area contributed by atoms with Crippen LogP contribution in [0.15, 0.2) is 16.6 Å². The minimum absolute atomic E-state index is 0.00170. The first-order valence-corrected chi connectivity index (χ1v) is 7.73. The number of likely N-dealkylation sites (tertiary alicyclic amines) is 1. The van der Waals surface area contributed by atoms with Gasteiger partial charge in [-0.15, -0.1) is 0 Å². The molecule has 1 aromatic carbocycles. The van der Waals surface area contributed by atoms with Crippen LogP contribution in [0.2, 0.25) is 0 Å². The Bertz CT molecular complexity index is 659. The molecule has 0 bridgehead atoms. The maximum Gasteiger partial charge on any atom is 0.303 e. The van der Waals surface area contributed by atoms with Crippen LogP contribution in [0, 0.1) is 21.8 Å². The number of amides is 1. The quantitative estimate of drug-likeness (QED) is 0.631. The molecule has 1 heterocycles. The van der Waals surface area contributed by atoms with Crippen molar-refractivity contribution in [3.8, 4) is 0 Å². The van der Waals surface area contributed by atoms with Gasteiger partial charge < -0.3 is 10.0 Å². The van der Waals surface area contributed by atoms with Crippen LogP contribution >= 0.6 is 15.9 Å². The lowest BCUT2D eigenvalue weighted by Crippen LogP contribution is -2.39. The molecule has 124 valence electrons. The predicted molar refractivity (Wildman–Crippen MR) is 81.6 cm³/mol. The molecule has 1 aliphatic rings. The molecule has 0 aliphatic carbocycles. The first kappa shape index (κ1) is 17.3. The van der Waals surface area contributed by atoms with E-state index in [2.05, 4.69) is 15.9 Å². The molecule has 7 nitrogen and oxygen atoms in total. The third kappa shape index (κ3) is 4.04. The summed E-state index contributed by atoms with van der Waals surface area (Å²) in [6, 6.07) is 1.71. The first-order chi connectivity index (χ1) is 10.8. The van der Waals surface area contributed by atoms with Crippen LogP contribution < -0.4 is 0 Å². The Morgan fingerprint density at radius 1 is 1.39 bits per heavy atom. The van der Waals surface area contributed by atoms with Gasteiger partial charge >= 0.3 is 5.97 Å². The van der Waals surface area contributed by atoms with Crippen LogP contribution in [0.4, 0.5) is 10.1 Å². The number of hydrogen-bond acceptors (Lipinski definition) is 4. The SMILES string of the molecule is O=C(O)CC1CCN(C(=O)c2cc(F)cc([N+](=O)[O-])c2Br)CC1. The fourth-order valence-corrected chi connectivity index (χ4v) is 3.16. The van der Waals surface area contributed by atoms with Crippen molar-refractivity contribution < 1.29 is 24.0 Å². The van der Waals surface area contributed by atoms with E-state index in [4.69, 9.17) is 5.11 Å². The van der Waals surface area contributed by atoms with Crippen LogP contribution in [0.3, 0.4) is 0 Å². The Morgan fingerprint density at radius 2 is 2.00 bits per heavy atom. The fourth-order valence-electron chi connectivity index (χ4n) is 2.62. The predicted octanol–water partition coefficient (Wildman–Crippen LogP) is 2.82. The van der Waals surface area contributed by atoms with Crippen LogP contribution in [0.25, 0.3) is 0 Å². The minimum atomic E-state index is -0.877. The Balaban J connectivity index is 2.16. The Kier molecular flexibility index (Phi) is 5.30. The average molecular weight is 389 g/mol. The van der Waals surface area contributed by atoms with Gasteiger partial charge in [0.2, 0.25) is 0 Å². The van der Waals surface area contributed by atoms with E-state index in [1.807, 2.05) is 0 Å². The number of rotatable bonds is 4. The summed E-state index contributed by atoms with van der Waals surface area (Å²) in [6.45, 7) is 0.682. The van der Waals surface area contributed by atoms with Crippen LogP contribution in [0.5, 0.6) is 0 Å².